The smallest absolute Gasteiger partial charge is 0.137 e. The maximum atomic E-state index is 4.95. The van der Waals surface area contributed by atoms with Gasteiger partial charge in [-0.25, -0.2) is 0 Å². The van der Waals surface area contributed by atoms with E-state index in [1.54, 1.807) is 25.6 Å². The summed E-state index contributed by atoms with van der Waals surface area (Å²) in [5.74, 6) is 0.761. The fraction of sp³-hybridized carbons (Fsp3) is 0.125. The van der Waals surface area contributed by atoms with E-state index in [1.165, 1.54) is 0 Å². The summed E-state index contributed by atoms with van der Waals surface area (Å²) >= 11 is 0. The highest BCUT2D eigenvalue weighted by atomic mass is 16.5. The second kappa shape index (κ2) is 3.01. The lowest BCUT2D eigenvalue weighted by Gasteiger charge is -1.97. The van der Waals surface area contributed by atoms with Gasteiger partial charge in [0.25, 0.3) is 0 Å². The number of methoxy groups -OCH3 is 1. The first-order chi connectivity index (χ1) is 4.86. The van der Waals surface area contributed by atoms with Crippen molar-refractivity contribution >= 4 is 6.08 Å². The van der Waals surface area contributed by atoms with Crippen LogP contribution in [0.1, 0.15) is 5.56 Å². The number of pyridine rings is 1. The Kier molecular flexibility index (Phi) is 2.05. The summed E-state index contributed by atoms with van der Waals surface area (Å²) in [6.07, 6.45) is 5.12. The molecule has 2 nitrogen and oxygen atoms in total. The van der Waals surface area contributed by atoms with Crippen molar-refractivity contribution in [2.24, 2.45) is 0 Å². The Bertz CT molecular complexity index is 232. The molecule has 0 aliphatic rings. The van der Waals surface area contributed by atoms with Crippen LogP contribution in [-0.4, -0.2) is 12.1 Å². The lowest BCUT2D eigenvalue weighted by molar-refractivity contribution is 0.413. The van der Waals surface area contributed by atoms with Crippen LogP contribution in [0.5, 0.6) is 5.75 Å². The molecule has 0 aliphatic heterocycles. The van der Waals surface area contributed by atoms with Gasteiger partial charge in [0.15, 0.2) is 0 Å². The molecule has 2 heteroatoms. The highest BCUT2D eigenvalue weighted by molar-refractivity contribution is 5.47. The minimum atomic E-state index is 0.761. The lowest BCUT2D eigenvalue weighted by Crippen LogP contribution is -1.84. The summed E-state index contributed by atoms with van der Waals surface area (Å²) in [4.78, 5) is 3.93. The molecule has 0 aliphatic carbocycles. The molecule has 0 amide bonds. The van der Waals surface area contributed by atoms with Crippen molar-refractivity contribution in [1.82, 2.24) is 4.98 Å². The molecule has 1 rings (SSSR count). The van der Waals surface area contributed by atoms with Crippen molar-refractivity contribution < 1.29 is 4.74 Å². The number of nitrogens with zero attached hydrogens (tertiary/aromatic N) is 1. The fourth-order valence-electron chi connectivity index (χ4n) is 0.659. The average Bonchev–Trinajstić information content (AvgIpc) is 2.05. The van der Waals surface area contributed by atoms with Crippen molar-refractivity contribution in [3.8, 4) is 5.75 Å². The minimum Gasteiger partial charge on any atom is -0.495 e. The van der Waals surface area contributed by atoms with Crippen molar-refractivity contribution in [2.45, 2.75) is 0 Å². The maximum Gasteiger partial charge on any atom is 0.137 e. The summed E-state index contributed by atoms with van der Waals surface area (Å²) in [7, 11) is 1.61. The third-order valence-corrected chi connectivity index (χ3v) is 1.21. The van der Waals surface area contributed by atoms with Crippen LogP contribution in [0.2, 0.25) is 0 Å². The molecule has 0 N–H and O–H groups in total. The molecule has 0 saturated heterocycles. The third kappa shape index (κ3) is 1.35. The summed E-state index contributed by atoms with van der Waals surface area (Å²) in [5.41, 5.74) is 0.972. The van der Waals surface area contributed by atoms with Crippen LogP contribution in [0.15, 0.2) is 25.0 Å². The van der Waals surface area contributed by atoms with Crippen LogP contribution in [0.3, 0.4) is 0 Å². The van der Waals surface area contributed by atoms with E-state index < -0.39 is 0 Å². The second-order valence-corrected chi connectivity index (χ2v) is 1.86. The summed E-state index contributed by atoms with van der Waals surface area (Å²) in [5, 5.41) is 0. The van der Waals surface area contributed by atoms with E-state index >= 15 is 0 Å². The van der Waals surface area contributed by atoms with Crippen LogP contribution in [-0.2, 0) is 0 Å². The Hall–Kier alpha value is -1.31. The van der Waals surface area contributed by atoms with E-state index in [4.69, 9.17) is 4.74 Å². The zero-order chi connectivity index (χ0) is 7.40. The summed E-state index contributed by atoms with van der Waals surface area (Å²) < 4.78 is 4.95. The van der Waals surface area contributed by atoms with Crippen LogP contribution in [0, 0.1) is 0 Å². The van der Waals surface area contributed by atoms with Gasteiger partial charge in [-0.3, -0.25) is 4.98 Å². The van der Waals surface area contributed by atoms with E-state index in [9.17, 15) is 0 Å². The molecule has 0 spiro atoms. The van der Waals surface area contributed by atoms with Crippen LogP contribution >= 0.6 is 0 Å². The summed E-state index contributed by atoms with van der Waals surface area (Å²) in [6.45, 7) is 3.61. The van der Waals surface area contributed by atoms with E-state index in [-0.39, 0.29) is 0 Å². The Balaban J connectivity index is 2.98. The van der Waals surface area contributed by atoms with E-state index in [1.807, 2.05) is 6.07 Å². The van der Waals surface area contributed by atoms with Crippen molar-refractivity contribution in [1.29, 1.82) is 0 Å². The van der Waals surface area contributed by atoms with Gasteiger partial charge in [-0.15, -0.1) is 0 Å². The Morgan fingerprint density at radius 3 is 3.00 bits per heavy atom. The van der Waals surface area contributed by atoms with Crippen LogP contribution in [0.4, 0.5) is 0 Å². The number of hydrogen-bond donors (Lipinski definition) is 0. The van der Waals surface area contributed by atoms with E-state index in [0.717, 1.165) is 11.3 Å². The zero-order valence-corrected chi connectivity index (χ0v) is 5.87. The van der Waals surface area contributed by atoms with Gasteiger partial charge in [-0.05, 0) is 11.6 Å². The average molecular weight is 135 g/mol. The molecule has 1 heterocycles. The first-order valence-electron chi connectivity index (χ1n) is 2.98. The molecule has 10 heavy (non-hydrogen) atoms. The molecule has 1 aromatic heterocycles. The number of ether oxygens (including phenoxy) is 1. The van der Waals surface area contributed by atoms with Gasteiger partial charge >= 0.3 is 0 Å². The van der Waals surface area contributed by atoms with Gasteiger partial charge < -0.3 is 4.74 Å². The van der Waals surface area contributed by atoms with Crippen LogP contribution < -0.4 is 4.74 Å². The van der Waals surface area contributed by atoms with Gasteiger partial charge in [-0.1, -0.05) is 12.7 Å². The van der Waals surface area contributed by atoms with Crippen molar-refractivity contribution in [3.05, 3.63) is 30.6 Å². The molecule has 0 atom stereocenters. The number of rotatable bonds is 2. The number of hydrogen-bond acceptors (Lipinski definition) is 2. The van der Waals surface area contributed by atoms with Crippen LogP contribution in [0.25, 0.3) is 6.08 Å². The van der Waals surface area contributed by atoms with Gasteiger partial charge in [0.05, 0.1) is 13.3 Å². The highest BCUT2D eigenvalue weighted by Crippen LogP contribution is 2.10. The normalized spacial score (nSPS) is 8.90. The molecule has 0 saturated carbocycles. The summed E-state index contributed by atoms with van der Waals surface area (Å²) in [6, 6.07) is 1.88. The maximum absolute atomic E-state index is 4.95. The van der Waals surface area contributed by atoms with Gasteiger partial charge in [0, 0.05) is 6.20 Å². The Morgan fingerprint density at radius 1 is 1.60 bits per heavy atom. The van der Waals surface area contributed by atoms with Crippen molar-refractivity contribution in [2.75, 3.05) is 7.11 Å². The topological polar surface area (TPSA) is 22.1 Å². The Morgan fingerprint density at radius 2 is 2.40 bits per heavy atom. The monoisotopic (exact) mass is 135 g/mol. The SMILES string of the molecule is C=Cc1cncc(OC)c1. The predicted molar refractivity (Wildman–Crippen MR) is 40.9 cm³/mol. The van der Waals surface area contributed by atoms with Gasteiger partial charge in [-0.2, -0.15) is 0 Å². The van der Waals surface area contributed by atoms with Gasteiger partial charge in [0.1, 0.15) is 5.75 Å². The van der Waals surface area contributed by atoms with Crippen molar-refractivity contribution in [3.63, 3.8) is 0 Å². The largest absolute Gasteiger partial charge is 0.495 e. The van der Waals surface area contributed by atoms with Gasteiger partial charge in [0.2, 0.25) is 0 Å². The second-order valence-electron chi connectivity index (χ2n) is 1.86. The molecular weight excluding hydrogens is 126 g/mol. The molecule has 1 aromatic rings. The molecule has 0 unspecified atom stereocenters. The highest BCUT2D eigenvalue weighted by Gasteiger charge is 1.89. The molecule has 0 radical (unpaired) electrons. The lowest BCUT2D eigenvalue weighted by atomic mass is 10.3. The molecule has 0 fully saturated rings. The molecule has 0 aromatic carbocycles. The zero-order valence-electron chi connectivity index (χ0n) is 5.87. The first kappa shape index (κ1) is 6.81. The first-order valence-corrected chi connectivity index (χ1v) is 2.98. The fourth-order valence-corrected chi connectivity index (χ4v) is 0.659. The molecule has 0 bridgehead atoms. The Labute approximate surface area is 60.2 Å². The molecular formula is C8H9NO. The predicted octanol–water partition coefficient (Wildman–Crippen LogP) is 1.73. The molecule has 52 valence electrons. The third-order valence-electron chi connectivity index (χ3n) is 1.21. The number of aromatic nitrogens is 1. The minimum absolute atomic E-state index is 0.761. The quantitative estimate of drug-likeness (QED) is 0.616. The standard InChI is InChI=1S/C8H9NO/c1-3-7-4-8(10-2)6-9-5-7/h3-6H,1H2,2H3. The van der Waals surface area contributed by atoms with E-state index in [2.05, 4.69) is 11.6 Å². The van der Waals surface area contributed by atoms with E-state index in [0.29, 0.717) is 0 Å².